The number of aryl methyl sites for hydroxylation is 1. The number of halogens is 2. The molecule has 4 rings (SSSR count). The van der Waals surface area contributed by atoms with Gasteiger partial charge in [0.1, 0.15) is 0 Å². The molecule has 4 nitrogen and oxygen atoms in total. The van der Waals surface area contributed by atoms with E-state index in [0.717, 1.165) is 11.1 Å². The van der Waals surface area contributed by atoms with Gasteiger partial charge in [-0.1, -0.05) is 35.3 Å². The molecule has 33 heavy (non-hydrogen) atoms. The average Bonchev–Trinajstić information content (AvgIpc) is 3.04. The number of carbonyl (C=O) groups is 1. The summed E-state index contributed by atoms with van der Waals surface area (Å²) in [7, 11) is 0. The Labute approximate surface area is 209 Å². The maximum Gasteiger partial charge on any atom is 0.264 e. The first-order valence-electron chi connectivity index (χ1n) is 10.9. The predicted molar refractivity (Wildman–Crippen MR) is 144 cm³/mol. The van der Waals surface area contributed by atoms with Crippen molar-refractivity contribution in [2.45, 2.75) is 53.1 Å². The minimum absolute atomic E-state index is 0.0637. The molecule has 2 aromatic rings. The van der Waals surface area contributed by atoms with Gasteiger partial charge >= 0.3 is 0 Å². The lowest BCUT2D eigenvalue weighted by Crippen LogP contribution is -2.49. The highest BCUT2D eigenvalue weighted by atomic mass is 35.5. The Bertz CT molecular complexity index is 1240. The van der Waals surface area contributed by atoms with E-state index in [2.05, 4.69) is 75.0 Å². The molecule has 0 atom stereocenters. The van der Waals surface area contributed by atoms with Crippen LogP contribution in [0, 0.1) is 6.92 Å². The molecule has 1 N–H and O–H groups in total. The topological polar surface area (TPSA) is 44.7 Å². The Morgan fingerprint density at radius 2 is 1.91 bits per heavy atom. The number of nitrogens with one attached hydrogen (secondary N) is 1. The van der Waals surface area contributed by atoms with E-state index in [4.69, 9.17) is 23.2 Å². The quantitative estimate of drug-likeness (QED) is 0.442. The van der Waals surface area contributed by atoms with Gasteiger partial charge in [-0.15, -0.1) is 0 Å². The molecule has 1 amide bonds. The van der Waals surface area contributed by atoms with E-state index in [0.29, 0.717) is 31.8 Å². The van der Waals surface area contributed by atoms with Gasteiger partial charge < -0.3 is 10.2 Å². The van der Waals surface area contributed by atoms with Crippen molar-refractivity contribution in [3.8, 4) is 0 Å². The van der Waals surface area contributed by atoms with Gasteiger partial charge in [0.2, 0.25) is 0 Å². The van der Waals surface area contributed by atoms with Gasteiger partial charge in [0.25, 0.3) is 5.91 Å². The molecule has 1 fully saturated rings. The lowest BCUT2D eigenvalue weighted by atomic mass is 9.86. The zero-order valence-electron chi connectivity index (χ0n) is 19.6. The van der Waals surface area contributed by atoms with Crippen LogP contribution in [0.3, 0.4) is 0 Å². The van der Waals surface area contributed by atoms with Crippen molar-refractivity contribution >= 4 is 69.1 Å². The largest absolute Gasteiger partial charge is 0.360 e. The molecule has 2 aliphatic heterocycles. The summed E-state index contributed by atoms with van der Waals surface area (Å²) in [6.07, 6.45) is 4.25. The first-order chi connectivity index (χ1) is 15.5. The van der Waals surface area contributed by atoms with Gasteiger partial charge in [-0.3, -0.25) is 4.79 Å². The van der Waals surface area contributed by atoms with Gasteiger partial charge in [0, 0.05) is 17.3 Å². The number of amidine groups is 1. The second kappa shape index (κ2) is 8.86. The first-order valence-corrected chi connectivity index (χ1v) is 12.4. The molecule has 0 aliphatic carbocycles. The van der Waals surface area contributed by atoms with Crippen molar-refractivity contribution in [2.24, 2.45) is 4.99 Å². The normalized spacial score (nSPS) is 19.8. The summed E-state index contributed by atoms with van der Waals surface area (Å²) >= 11 is 13.6. The van der Waals surface area contributed by atoms with Crippen molar-refractivity contribution in [1.82, 2.24) is 5.32 Å². The van der Waals surface area contributed by atoms with Gasteiger partial charge in [-0.2, -0.15) is 0 Å². The summed E-state index contributed by atoms with van der Waals surface area (Å²) in [4.78, 5) is 20.2. The Balaban J connectivity index is 1.71. The number of fused-ring (bicyclic) bond motifs is 1. The fraction of sp³-hybridized carbons (Fsp3) is 0.308. The molecule has 1 saturated heterocycles. The summed E-state index contributed by atoms with van der Waals surface area (Å²) in [5.74, 6) is -0.175. The maximum absolute atomic E-state index is 12.7. The summed E-state index contributed by atoms with van der Waals surface area (Å²) in [5.41, 5.74) is 6.27. The minimum Gasteiger partial charge on any atom is -0.360 e. The molecule has 0 unspecified atom stereocenters. The molecule has 0 aromatic heterocycles. The molecule has 2 aliphatic rings. The van der Waals surface area contributed by atoms with Crippen LogP contribution in [0.2, 0.25) is 10.0 Å². The van der Waals surface area contributed by atoms with Crippen LogP contribution in [0.15, 0.2) is 46.3 Å². The van der Waals surface area contributed by atoms with Crippen LogP contribution in [-0.2, 0) is 4.79 Å². The summed E-state index contributed by atoms with van der Waals surface area (Å²) in [5, 5.41) is 4.10. The van der Waals surface area contributed by atoms with Crippen LogP contribution in [0.25, 0.3) is 11.6 Å². The number of allylic oxidation sites excluding steroid dienone is 1. The molecule has 0 spiro atoms. The summed E-state index contributed by atoms with van der Waals surface area (Å²) in [6, 6.07) is 10.0. The third-order valence-corrected chi connectivity index (χ3v) is 7.59. The van der Waals surface area contributed by atoms with Crippen molar-refractivity contribution in [1.29, 1.82) is 0 Å². The van der Waals surface area contributed by atoms with Crippen LogP contribution in [0.4, 0.5) is 11.4 Å². The van der Waals surface area contributed by atoms with Gasteiger partial charge in [0.05, 0.1) is 26.2 Å². The van der Waals surface area contributed by atoms with E-state index in [1.807, 2.05) is 6.08 Å². The maximum atomic E-state index is 12.7. The zero-order chi connectivity index (χ0) is 24.1. The molecule has 0 radical (unpaired) electrons. The highest BCUT2D eigenvalue weighted by Crippen LogP contribution is 2.42. The average molecular weight is 500 g/mol. The highest BCUT2D eigenvalue weighted by molar-refractivity contribution is 8.18. The zero-order valence-corrected chi connectivity index (χ0v) is 21.9. The van der Waals surface area contributed by atoms with Crippen molar-refractivity contribution in [3.63, 3.8) is 0 Å². The summed E-state index contributed by atoms with van der Waals surface area (Å²) < 4.78 is 0. The molecule has 2 aromatic carbocycles. The highest BCUT2D eigenvalue weighted by Gasteiger charge is 2.33. The number of hydrogen-bond acceptors (Lipinski definition) is 4. The number of rotatable bonds is 3. The van der Waals surface area contributed by atoms with E-state index in [1.165, 1.54) is 28.6 Å². The lowest BCUT2D eigenvalue weighted by molar-refractivity contribution is -0.115. The van der Waals surface area contributed by atoms with Crippen LogP contribution in [0.5, 0.6) is 0 Å². The van der Waals surface area contributed by atoms with Gasteiger partial charge in [0.15, 0.2) is 5.17 Å². The SMILES string of the molecule is CC1=CC(C)(C)N(C(C)C)c2cc(C)c(/C=C3\SC(=Nc4cccc(Cl)c4Cl)NC3=O)cc21. The fourth-order valence-electron chi connectivity index (χ4n) is 4.62. The summed E-state index contributed by atoms with van der Waals surface area (Å²) in [6.45, 7) is 13.2. The number of thioether (sulfide) groups is 1. The first kappa shape index (κ1) is 23.9. The number of benzene rings is 2. The number of amides is 1. The predicted octanol–water partition coefficient (Wildman–Crippen LogP) is 7.60. The Hall–Kier alpha value is -2.21. The van der Waals surface area contributed by atoms with Crippen LogP contribution in [0.1, 0.15) is 51.3 Å². The van der Waals surface area contributed by atoms with Crippen molar-refractivity contribution < 1.29 is 4.79 Å². The van der Waals surface area contributed by atoms with Crippen molar-refractivity contribution in [2.75, 3.05) is 4.90 Å². The lowest BCUT2D eigenvalue weighted by Gasteiger charge is -2.46. The molecule has 0 saturated carbocycles. The molecule has 172 valence electrons. The van der Waals surface area contributed by atoms with Gasteiger partial charge in [-0.25, -0.2) is 4.99 Å². The molecular weight excluding hydrogens is 473 g/mol. The van der Waals surface area contributed by atoms with E-state index in [9.17, 15) is 4.79 Å². The molecular formula is C26H27Cl2N3OS. The van der Waals surface area contributed by atoms with Gasteiger partial charge in [-0.05, 0) is 100 Å². The Morgan fingerprint density at radius 1 is 1.18 bits per heavy atom. The van der Waals surface area contributed by atoms with Crippen LogP contribution in [-0.4, -0.2) is 22.7 Å². The fourth-order valence-corrected chi connectivity index (χ4v) is 5.78. The monoisotopic (exact) mass is 499 g/mol. The third-order valence-electron chi connectivity index (χ3n) is 5.87. The number of hydrogen-bond donors (Lipinski definition) is 1. The number of anilines is 1. The van der Waals surface area contributed by atoms with Crippen molar-refractivity contribution in [3.05, 3.63) is 68.0 Å². The van der Waals surface area contributed by atoms with E-state index in [1.54, 1.807) is 18.2 Å². The van der Waals surface area contributed by atoms with E-state index >= 15 is 0 Å². The van der Waals surface area contributed by atoms with E-state index < -0.39 is 0 Å². The second-order valence-electron chi connectivity index (χ2n) is 9.23. The Kier molecular flexibility index (Phi) is 6.43. The van der Waals surface area contributed by atoms with Crippen LogP contribution >= 0.6 is 35.0 Å². The smallest absolute Gasteiger partial charge is 0.264 e. The molecule has 0 bridgehead atoms. The minimum atomic E-state index is -0.175. The molecule has 2 heterocycles. The Morgan fingerprint density at radius 3 is 2.61 bits per heavy atom. The molecule has 7 heteroatoms. The number of aliphatic imine (C=N–C) groups is 1. The van der Waals surface area contributed by atoms with E-state index in [-0.39, 0.29) is 11.4 Å². The standard InChI is InChI=1S/C26H27Cl2N3OS/c1-14(2)31-21-10-15(3)17(11-18(21)16(4)13-26(31,5)6)12-22-24(32)30-25(33-22)29-20-9-7-8-19(27)23(20)28/h7-14H,1-6H3,(H,29,30,32)/b22-12-. The number of nitrogens with zero attached hydrogens (tertiary/aromatic N) is 2. The van der Waals surface area contributed by atoms with Crippen LogP contribution < -0.4 is 10.2 Å². The number of carbonyl (C=O) groups excluding carboxylic acids is 1. The third kappa shape index (κ3) is 4.59. The second-order valence-corrected chi connectivity index (χ2v) is 11.0.